The van der Waals surface area contributed by atoms with E-state index in [1.165, 1.54) is 0 Å². The van der Waals surface area contributed by atoms with Crippen LogP contribution < -0.4 is 15.8 Å². The lowest BCUT2D eigenvalue weighted by Crippen LogP contribution is -2.37. The maximum atomic E-state index is 11.7. The van der Waals surface area contributed by atoms with Crippen LogP contribution in [0.25, 0.3) is 0 Å². The van der Waals surface area contributed by atoms with Gasteiger partial charge in [0.1, 0.15) is 16.8 Å². The minimum atomic E-state index is -3.91. The first kappa shape index (κ1) is 17.0. The van der Waals surface area contributed by atoms with E-state index in [0.29, 0.717) is 18.0 Å². The molecule has 2 amide bonds. The number of primary amides is 1. The predicted octanol–water partition coefficient (Wildman–Crippen LogP) is 0.312. The SMILES string of the molecule is CCOc1ccc(NC(=O)CS(=O)(=O)C(C)C(N)=O)cc1. The number of benzene rings is 1. The number of ether oxygens (including phenoxy) is 1. The summed E-state index contributed by atoms with van der Waals surface area (Å²) >= 11 is 0. The fourth-order valence-corrected chi connectivity index (χ4v) is 2.52. The van der Waals surface area contributed by atoms with Crippen LogP contribution in [0.3, 0.4) is 0 Å². The average molecular weight is 314 g/mol. The van der Waals surface area contributed by atoms with E-state index in [0.717, 1.165) is 6.92 Å². The smallest absolute Gasteiger partial charge is 0.239 e. The second-order valence-corrected chi connectivity index (χ2v) is 6.68. The van der Waals surface area contributed by atoms with Crippen molar-refractivity contribution in [2.24, 2.45) is 5.73 Å². The van der Waals surface area contributed by atoms with Gasteiger partial charge in [-0.2, -0.15) is 0 Å². The van der Waals surface area contributed by atoms with Gasteiger partial charge in [0.05, 0.1) is 6.61 Å². The Morgan fingerprint density at radius 3 is 2.33 bits per heavy atom. The highest BCUT2D eigenvalue weighted by molar-refractivity contribution is 7.93. The van der Waals surface area contributed by atoms with Gasteiger partial charge in [-0.3, -0.25) is 9.59 Å². The molecule has 7 nitrogen and oxygen atoms in total. The van der Waals surface area contributed by atoms with Crippen molar-refractivity contribution in [2.75, 3.05) is 17.7 Å². The van der Waals surface area contributed by atoms with E-state index >= 15 is 0 Å². The lowest BCUT2D eigenvalue weighted by atomic mass is 10.3. The van der Waals surface area contributed by atoms with Crippen molar-refractivity contribution >= 4 is 27.3 Å². The molecule has 0 aromatic heterocycles. The highest BCUT2D eigenvalue weighted by Gasteiger charge is 2.28. The summed E-state index contributed by atoms with van der Waals surface area (Å²) in [6.07, 6.45) is 0. The van der Waals surface area contributed by atoms with E-state index in [1.54, 1.807) is 24.3 Å². The number of hydrogen-bond acceptors (Lipinski definition) is 5. The molecule has 0 heterocycles. The molecule has 0 aliphatic carbocycles. The Kier molecular flexibility index (Phi) is 5.71. The van der Waals surface area contributed by atoms with Crippen molar-refractivity contribution in [1.29, 1.82) is 0 Å². The third-order valence-electron chi connectivity index (χ3n) is 2.72. The third-order valence-corrected chi connectivity index (χ3v) is 4.69. The van der Waals surface area contributed by atoms with Gasteiger partial charge in [-0.1, -0.05) is 0 Å². The Balaban J connectivity index is 2.67. The van der Waals surface area contributed by atoms with Gasteiger partial charge in [-0.05, 0) is 38.1 Å². The number of nitrogens with two attached hydrogens (primary N) is 1. The van der Waals surface area contributed by atoms with Crippen molar-refractivity contribution in [3.8, 4) is 5.75 Å². The van der Waals surface area contributed by atoms with Crippen LogP contribution >= 0.6 is 0 Å². The van der Waals surface area contributed by atoms with E-state index in [1.807, 2.05) is 6.92 Å². The largest absolute Gasteiger partial charge is 0.494 e. The summed E-state index contributed by atoms with van der Waals surface area (Å²) in [5.41, 5.74) is 5.37. The van der Waals surface area contributed by atoms with Crippen LogP contribution in [0.4, 0.5) is 5.69 Å². The van der Waals surface area contributed by atoms with Crippen LogP contribution in [0.15, 0.2) is 24.3 Å². The number of nitrogens with one attached hydrogen (secondary N) is 1. The highest BCUT2D eigenvalue weighted by atomic mass is 32.2. The van der Waals surface area contributed by atoms with Gasteiger partial charge < -0.3 is 15.8 Å². The van der Waals surface area contributed by atoms with Crippen LogP contribution in [-0.4, -0.2) is 37.8 Å². The van der Waals surface area contributed by atoms with Gasteiger partial charge in [-0.15, -0.1) is 0 Å². The molecule has 1 atom stereocenters. The Bertz CT molecular complexity index is 610. The summed E-state index contributed by atoms with van der Waals surface area (Å²) in [4.78, 5) is 22.6. The molecule has 1 rings (SSSR count). The van der Waals surface area contributed by atoms with E-state index in [4.69, 9.17) is 10.5 Å². The summed E-state index contributed by atoms with van der Waals surface area (Å²) in [6.45, 7) is 3.53. The van der Waals surface area contributed by atoms with Gasteiger partial charge in [0.2, 0.25) is 11.8 Å². The van der Waals surface area contributed by atoms with Gasteiger partial charge in [0.15, 0.2) is 9.84 Å². The van der Waals surface area contributed by atoms with E-state index < -0.39 is 32.7 Å². The first-order valence-corrected chi connectivity index (χ1v) is 8.01. The van der Waals surface area contributed by atoms with E-state index in [-0.39, 0.29) is 0 Å². The zero-order valence-corrected chi connectivity index (χ0v) is 12.6. The van der Waals surface area contributed by atoms with Gasteiger partial charge in [-0.25, -0.2) is 8.42 Å². The maximum absolute atomic E-state index is 11.7. The number of carbonyl (C=O) groups excluding carboxylic acids is 2. The second kappa shape index (κ2) is 7.07. The highest BCUT2D eigenvalue weighted by Crippen LogP contribution is 2.15. The Morgan fingerprint density at radius 1 is 1.29 bits per heavy atom. The van der Waals surface area contributed by atoms with Crippen molar-refractivity contribution in [3.63, 3.8) is 0 Å². The lowest BCUT2D eigenvalue weighted by molar-refractivity contribution is -0.117. The van der Waals surface area contributed by atoms with Gasteiger partial charge >= 0.3 is 0 Å². The first-order chi connectivity index (χ1) is 9.76. The van der Waals surface area contributed by atoms with Crippen LogP contribution in [0.5, 0.6) is 5.75 Å². The number of carbonyl (C=O) groups is 2. The Hall–Kier alpha value is -2.09. The molecule has 8 heteroatoms. The summed E-state index contributed by atoms with van der Waals surface area (Å²) in [5, 5.41) is 1.04. The molecule has 0 aliphatic rings. The molecule has 1 aromatic rings. The van der Waals surface area contributed by atoms with Crippen molar-refractivity contribution < 1.29 is 22.7 Å². The minimum Gasteiger partial charge on any atom is -0.494 e. The quantitative estimate of drug-likeness (QED) is 0.751. The molecular formula is C13H18N2O5S. The van der Waals surface area contributed by atoms with Crippen molar-refractivity contribution in [3.05, 3.63) is 24.3 Å². The normalized spacial score (nSPS) is 12.5. The van der Waals surface area contributed by atoms with Crippen LogP contribution in [0.1, 0.15) is 13.8 Å². The molecule has 0 saturated carbocycles. The molecule has 3 N–H and O–H groups in total. The predicted molar refractivity (Wildman–Crippen MR) is 78.7 cm³/mol. The minimum absolute atomic E-state index is 0.436. The zero-order valence-electron chi connectivity index (χ0n) is 11.8. The fourth-order valence-electron chi connectivity index (χ4n) is 1.48. The molecule has 1 unspecified atom stereocenters. The van der Waals surface area contributed by atoms with Crippen LogP contribution in [0, 0.1) is 0 Å². The van der Waals surface area contributed by atoms with Gasteiger partial charge in [0.25, 0.3) is 0 Å². The number of anilines is 1. The second-order valence-electron chi connectivity index (χ2n) is 4.36. The Labute approximate surface area is 123 Å². The topological polar surface area (TPSA) is 116 Å². The molecule has 0 aliphatic heterocycles. The lowest BCUT2D eigenvalue weighted by Gasteiger charge is -2.10. The number of sulfone groups is 1. The van der Waals surface area contributed by atoms with Crippen LogP contribution in [-0.2, 0) is 19.4 Å². The number of amides is 2. The van der Waals surface area contributed by atoms with Gasteiger partial charge in [0, 0.05) is 5.69 Å². The monoisotopic (exact) mass is 314 g/mol. The average Bonchev–Trinajstić information content (AvgIpc) is 2.39. The third kappa shape index (κ3) is 5.07. The molecule has 116 valence electrons. The summed E-state index contributed by atoms with van der Waals surface area (Å²) in [5.74, 6) is -1.87. The first-order valence-electron chi connectivity index (χ1n) is 6.30. The Morgan fingerprint density at radius 2 is 1.86 bits per heavy atom. The maximum Gasteiger partial charge on any atom is 0.239 e. The molecule has 0 saturated heterocycles. The molecule has 0 radical (unpaired) electrons. The van der Waals surface area contributed by atoms with E-state index in [2.05, 4.69) is 5.32 Å². The molecule has 0 spiro atoms. The van der Waals surface area contributed by atoms with Crippen LogP contribution in [0.2, 0.25) is 0 Å². The molecule has 21 heavy (non-hydrogen) atoms. The summed E-state index contributed by atoms with van der Waals surface area (Å²) < 4.78 is 28.7. The molecule has 0 fully saturated rings. The number of hydrogen-bond donors (Lipinski definition) is 2. The number of rotatable bonds is 7. The summed E-state index contributed by atoms with van der Waals surface area (Å²) in [6, 6.07) is 6.49. The standard InChI is InChI=1S/C13H18N2O5S/c1-3-20-11-6-4-10(5-7-11)15-12(16)8-21(18,19)9(2)13(14)17/h4-7,9H,3,8H2,1-2H3,(H2,14,17)(H,15,16). The summed E-state index contributed by atoms with van der Waals surface area (Å²) in [7, 11) is -3.91. The molecule has 1 aromatic carbocycles. The fraction of sp³-hybridized carbons (Fsp3) is 0.385. The van der Waals surface area contributed by atoms with Crippen molar-refractivity contribution in [1.82, 2.24) is 0 Å². The molecule has 0 bridgehead atoms. The van der Waals surface area contributed by atoms with E-state index in [9.17, 15) is 18.0 Å². The zero-order chi connectivity index (χ0) is 16.0. The molecular weight excluding hydrogens is 296 g/mol. The van der Waals surface area contributed by atoms with Crippen molar-refractivity contribution in [2.45, 2.75) is 19.1 Å².